The van der Waals surface area contributed by atoms with Crippen LogP contribution in [0.25, 0.3) is 0 Å². The Bertz CT molecular complexity index is 582. The third-order valence-corrected chi connectivity index (χ3v) is 4.01. The maximum Gasteiger partial charge on any atom is 0.326 e. The van der Waals surface area contributed by atoms with Crippen molar-refractivity contribution >= 4 is 23.5 Å². The number of piperidine rings is 1. The van der Waals surface area contributed by atoms with Crippen molar-refractivity contribution in [1.29, 1.82) is 0 Å². The van der Waals surface area contributed by atoms with Gasteiger partial charge in [0.15, 0.2) is 0 Å². The molecule has 0 aliphatic carbocycles. The summed E-state index contributed by atoms with van der Waals surface area (Å²) >= 11 is 0. The van der Waals surface area contributed by atoms with Gasteiger partial charge in [-0.2, -0.15) is 0 Å². The molecule has 0 spiro atoms. The molecule has 1 N–H and O–H groups in total. The molecular weight excluding hydrogens is 284 g/mol. The lowest BCUT2D eigenvalue weighted by Gasteiger charge is -2.27. The molecule has 2 rings (SSSR count). The summed E-state index contributed by atoms with van der Waals surface area (Å²) in [5.74, 6) is -1.31. The van der Waals surface area contributed by atoms with Crippen molar-refractivity contribution in [3.63, 3.8) is 0 Å². The van der Waals surface area contributed by atoms with Crippen LogP contribution in [0.15, 0.2) is 24.3 Å². The average Bonchev–Trinajstić information content (AvgIpc) is 2.53. The third kappa shape index (κ3) is 3.27. The van der Waals surface area contributed by atoms with Gasteiger partial charge in [0, 0.05) is 31.3 Å². The number of aliphatic carboxylic acids is 1. The van der Waals surface area contributed by atoms with Crippen LogP contribution in [0.1, 0.15) is 36.5 Å². The second kappa shape index (κ2) is 6.60. The molecule has 2 amide bonds. The molecule has 22 heavy (non-hydrogen) atoms. The number of carbonyl (C=O) groups excluding carboxylic acids is 2. The fraction of sp³-hybridized carbons (Fsp3) is 0.438. The minimum absolute atomic E-state index is 0.0990. The highest BCUT2D eigenvalue weighted by molar-refractivity contribution is 5.98. The second-order valence-corrected chi connectivity index (χ2v) is 5.48. The number of amides is 2. The van der Waals surface area contributed by atoms with E-state index in [1.165, 1.54) is 18.9 Å². The van der Waals surface area contributed by atoms with Gasteiger partial charge in [-0.1, -0.05) is 0 Å². The minimum Gasteiger partial charge on any atom is -0.480 e. The zero-order valence-corrected chi connectivity index (χ0v) is 12.8. The van der Waals surface area contributed by atoms with Crippen molar-refractivity contribution in [3.05, 3.63) is 29.8 Å². The van der Waals surface area contributed by atoms with Gasteiger partial charge in [-0.3, -0.25) is 9.59 Å². The Morgan fingerprint density at radius 2 is 1.86 bits per heavy atom. The Labute approximate surface area is 129 Å². The van der Waals surface area contributed by atoms with Gasteiger partial charge < -0.3 is 14.9 Å². The van der Waals surface area contributed by atoms with E-state index in [1.807, 2.05) is 0 Å². The van der Waals surface area contributed by atoms with Gasteiger partial charge in [-0.05, 0) is 44.0 Å². The van der Waals surface area contributed by atoms with Crippen molar-refractivity contribution in [1.82, 2.24) is 4.90 Å². The topological polar surface area (TPSA) is 77.9 Å². The molecule has 0 bridgehead atoms. The molecule has 1 atom stereocenters. The van der Waals surface area contributed by atoms with E-state index in [4.69, 9.17) is 5.11 Å². The molecule has 1 aromatic carbocycles. The number of anilines is 1. The monoisotopic (exact) mass is 304 g/mol. The lowest BCUT2D eigenvalue weighted by atomic mass is 10.1. The highest BCUT2D eigenvalue weighted by atomic mass is 16.4. The number of hydrogen-bond acceptors (Lipinski definition) is 3. The van der Waals surface area contributed by atoms with Gasteiger partial charge in [0.1, 0.15) is 6.04 Å². The van der Waals surface area contributed by atoms with Crippen LogP contribution in [0.4, 0.5) is 5.69 Å². The molecule has 1 heterocycles. The van der Waals surface area contributed by atoms with Crippen LogP contribution in [-0.2, 0) is 9.59 Å². The van der Waals surface area contributed by atoms with Gasteiger partial charge in [0.05, 0.1) is 0 Å². The molecule has 1 aromatic rings. The van der Waals surface area contributed by atoms with Gasteiger partial charge in [-0.25, -0.2) is 4.79 Å². The summed E-state index contributed by atoms with van der Waals surface area (Å²) in [6.45, 7) is 2.16. The molecule has 0 saturated carbocycles. The fourth-order valence-corrected chi connectivity index (χ4v) is 2.41. The van der Waals surface area contributed by atoms with Gasteiger partial charge in [0.25, 0.3) is 5.91 Å². The van der Waals surface area contributed by atoms with E-state index in [-0.39, 0.29) is 11.8 Å². The highest BCUT2D eigenvalue weighted by Crippen LogP contribution is 2.21. The average molecular weight is 304 g/mol. The summed E-state index contributed by atoms with van der Waals surface area (Å²) in [7, 11) is 1.46. The standard InChI is InChI=1S/C16H20N2O4/c1-11(16(21)22)17(2)15(20)12-6-8-13(9-7-12)18-10-4-3-5-14(18)19/h6-9,11H,3-5,10H2,1-2H3,(H,21,22). The molecule has 0 aromatic heterocycles. The van der Waals surface area contributed by atoms with Gasteiger partial charge in [0.2, 0.25) is 5.91 Å². The van der Waals surface area contributed by atoms with E-state index in [9.17, 15) is 14.4 Å². The van der Waals surface area contributed by atoms with E-state index in [0.717, 1.165) is 18.5 Å². The highest BCUT2D eigenvalue weighted by Gasteiger charge is 2.23. The van der Waals surface area contributed by atoms with Crippen LogP contribution in [0.2, 0.25) is 0 Å². The lowest BCUT2D eigenvalue weighted by Crippen LogP contribution is -2.40. The van der Waals surface area contributed by atoms with E-state index in [1.54, 1.807) is 29.2 Å². The molecular formula is C16H20N2O4. The smallest absolute Gasteiger partial charge is 0.326 e. The largest absolute Gasteiger partial charge is 0.480 e. The maximum atomic E-state index is 12.2. The summed E-state index contributed by atoms with van der Waals surface area (Å²) in [4.78, 5) is 37.9. The summed E-state index contributed by atoms with van der Waals surface area (Å²) in [6, 6.07) is 5.83. The van der Waals surface area contributed by atoms with Crippen molar-refractivity contribution in [3.8, 4) is 0 Å². The number of hydrogen-bond donors (Lipinski definition) is 1. The zero-order valence-electron chi connectivity index (χ0n) is 12.8. The first kappa shape index (κ1) is 16.0. The predicted octanol–water partition coefficient (Wildman–Crippen LogP) is 1.75. The van der Waals surface area contributed by atoms with Crippen molar-refractivity contribution in [2.24, 2.45) is 0 Å². The van der Waals surface area contributed by atoms with Gasteiger partial charge >= 0.3 is 5.97 Å². The summed E-state index contributed by atoms with van der Waals surface area (Å²) in [6.07, 6.45) is 2.45. The van der Waals surface area contributed by atoms with E-state index in [2.05, 4.69) is 0 Å². The first-order valence-electron chi connectivity index (χ1n) is 7.32. The van der Waals surface area contributed by atoms with Gasteiger partial charge in [-0.15, -0.1) is 0 Å². The predicted molar refractivity (Wildman–Crippen MR) is 81.8 cm³/mol. The number of carboxylic acid groups (broad SMARTS) is 1. The number of rotatable bonds is 4. The van der Waals surface area contributed by atoms with Crippen molar-refractivity contribution in [2.75, 3.05) is 18.5 Å². The lowest BCUT2D eigenvalue weighted by molar-refractivity contribution is -0.141. The molecule has 6 nitrogen and oxygen atoms in total. The number of benzene rings is 1. The second-order valence-electron chi connectivity index (χ2n) is 5.48. The normalized spacial score (nSPS) is 16.3. The van der Waals surface area contributed by atoms with E-state index >= 15 is 0 Å². The quantitative estimate of drug-likeness (QED) is 0.919. The first-order valence-corrected chi connectivity index (χ1v) is 7.32. The molecule has 0 radical (unpaired) electrons. The molecule has 1 fully saturated rings. The van der Waals surface area contributed by atoms with Crippen LogP contribution in [0.5, 0.6) is 0 Å². The Morgan fingerprint density at radius 3 is 2.41 bits per heavy atom. The van der Waals surface area contributed by atoms with Crippen molar-refractivity contribution in [2.45, 2.75) is 32.2 Å². The fourth-order valence-electron chi connectivity index (χ4n) is 2.41. The summed E-state index contributed by atoms with van der Waals surface area (Å²) in [5.41, 5.74) is 1.18. The summed E-state index contributed by atoms with van der Waals surface area (Å²) in [5, 5.41) is 8.95. The Kier molecular flexibility index (Phi) is 4.80. The molecule has 1 aliphatic rings. The van der Waals surface area contributed by atoms with E-state index < -0.39 is 12.0 Å². The molecule has 118 valence electrons. The Balaban J connectivity index is 2.13. The van der Waals surface area contributed by atoms with E-state index in [0.29, 0.717) is 18.5 Å². The Morgan fingerprint density at radius 1 is 1.23 bits per heavy atom. The molecule has 1 unspecified atom stereocenters. The van der Waals surface area contributed by atoms with Crippen LogP contribution in [0.3, 0.4) is 0 Å². The molecule has 6 heteroatoms. The zero-order chi connectivity index (χ0) is 16.3. The maximum absolute atomic E-state index is 12.2. The summed E-state index contributed by atoms with van der Waals surface area (Å²) < 4.78 is 0. The molecule has 1 aliphatic heterocycles. The number of carbonyl (C=O) groups is 3. The van der Waals surface area contributed by atoms with Crippen LogP contribution in [-0.4, -0.2) is 47.4 Å². The molecule has 1 saturated heterocycles. The SMILES string of the molecule is CC(C(=O)O)N(C)C(=O)c1ccc(N2CCCCC2=O)cc1. The van der Waals surface area contributed by atoms with Crippen molar-refractivity contribution < 1.29 is 19.5 Å². The number of likely N-dealkylation sites (N-methyl/N-ethyl adjacent to an activating group) is 1. The first-order chi connectivity index (χ1) is 10.4. The van der Waals surface area contributed by atoms with Crippen LogP contribution < -0.4 is 4.90 Å². The number of carboxylic acids is 1. The Hall–Kier alpha value is -2.37. The van der Waals surface area contributed by atoms with Crippen LogP contribution in [0, 0.1) is 0 Å². The van der Waals surface area contributed by atoms with Crippen LogP contribution >= 0.6 is 0 Å². The number of nitrogens with zero attached hydrogens (tertiary/aromatic N) is 2. The minimum atomic E-state index is -1.05. The third-order valence-electron chi connectivity index (χ3n) is 4.01.